The fraction of sp³-hybridized carbons (Fsp3) is 0.238. The molecule has 3 N–H and O–H groups in total. The quantitative estimate of drug-likeness (QED) is 0.653. The Labute approximate surface area is 152 Å². The number of benzene rings is 1. The summed E-state index contributed by atoms with van der Waals surface area (Å²) >= 11 is 0. The Morgan fingerprint density at radius 2 is 1.85 bits per heavy atom. The number of H-pyrrole nitrogens is 1. The van der Waals surface area contributed by atoms with Crippen LogP contribution >= 0.6 is 0 Å². The van der Waals surface area contributed by atoms with E-state index in [1.807, 2.05) is 56.3 Å². The summed E-state index contributed by atoms with van der Waals surface area (Å²) in [6.45, 7) is 3.82. The summed E-state index contributed by atoms with van der Waals surface area (Å²) in [4.78, 5) is 20.3. The van der Waals surface area contributed by atoms with E-state index in [0.717, 1.165) is 16.9 Å². The highest BCUT2D eigenvalue weighted by atomic mass is 16.3. The number of anilines is 2. The van der Waals surface area contributed by atoms with Crippen molar-refractivity contribution in [2.24, 2.45) is 5.41 Å². The third kappa shape index (κ3) is 2.70. The average Bonchev–Trinajstić information content (AvgIpc) is 3.01. The van der Waals surface area contributed by atoms with Gasteiger partial charge in [0.2, 0.25) is 0 Å². The first-order valence-electron chi connectivity index (χ1n) is 8.67. The molecule has 4 rings (SSSR count). The Balaban J connectivity index is 1.92. The van der Waals surface area contributed by atoms with Gasteiger partial charge < -0.3 is 15.4 Å². The lowest BCUT2D eigenvalue weighted by atomic mass is 9.73. The first-order valence-corrected chi connectivity index (χ1v) is 8.67. The van der Waals surface area contributed by atoms with Gasteiger partial charge in [0.1, 0.15) is 6.10 Å². The van der Waals surface area contributed by atoms with Crippen LogP contribution in [0.1, 0.15) is 42.4 Å². The number of pyridine rings is 1. The van der Waals surface area contributed by atoms with Gasteiger partial charge in [-0.05, 0) is 24.3 Å². The summed E-state index contributed by atoms with van der Waals surface area (Å²) in [5.74, 6) is 0.0327. The van der Waals surface area contributed by atoms with Crippen molar-refractivity contribution in [1.29, 1.82) is 0 Å². The first kappa shape index (κ1) is 16.5. The lowest BCUT2D eigenvalue weighted by molar-refractivity contribution is 0.0295. The van der Waals surface area contributed by atoms with Crippen molar-refractivity contribution >= 4 is 17.2 Å². The molecule has 5 nitrogen and oxygen atoms in total. The van der Waals surface area contributed by atoms with Crippen molar-refractivity contribution in [3.05, 3.63) is 66.1 Å². The molecule has 3 aromatic rings. The van der Waals surface area contributed by atoms with Gasteiger partial charge in [0.15, 0.2) is 5.78 Å². The number of carbonyl (C=O) groups is 1. The molecule has 1 aliphatic carbocycles. The van der Waals surface area contributed by atoms with Crippen molar-refractivity contribution in [3.63, 3.8) is 0 Å². The molecule has 2 aromatic heterocycles. The number of hydrogen-bond acceptors (Lipinski definition) is 4. The van der Waals surface area contributed by atoms with Gasteiger partial charge in [0.05, 0.1) is 22.6 Å². The molecule has 1 aliphatic rings. The average molecular weight is 347 g/mol. The molecule has 1 atom stereocenters. The van der Waals surface area contributed by atoms with Crippen LogP contribution in [0.3, 0.4) is 0 Å². The molecule has 1 unspecified atom stereocenters. The highest BCUT2D eigenvalue weighted by Gasteiger charge is 2.42. The van der Waals surface area contributed by atoms with Crippen LogP contribution in [-0.4, -0.2) is 20.9 Å². The highest BCUT2D eigenvalue weighted by molar-refractivity contribution is 6.08. The van der Waals surface area contributed by atoms with Crippen molar-refractivity contribution < 1.29 is 9.90 Å². The minimum absolute atomic E-state index is 0.0327. The molecule has 0 radical (unpaired) electrons. The largest absolute Gasteiger partial charge is 0.386 e. The molecule has 26 heavy (non-hydrogen) atoms. The molecule has 1 aromatic carbocycles. The van der Waals surface area contributed by atoms with E-state index >= 15 is 0 Å². The standard InChI is InChI=1S/C21H21N3O2/c1-21(2)12-15(25)16-18(23-14-6-4-3-5-7-14)17(24-19(16)20(21)26)13-8-10-22-11-9-13/h3-11,20,23-24,26H,12H2,1-2H3. The van der Waals surface area contributed by atoms with E-state index in [0.29, 0.717) is 23.4 Å². The summed E-state index contributed by atoms with van der Waals surface area (Å²) in [7, 11) is 0. The van der Waals surface area contributed by atoms with Gasteiger partial charge in [-0.15, -0.1) is 0 Å². The van der Waals surface area contributed by atoms with Gasteiger partial charge in [-0.1, -0.05) is 32.0 Å². The van der Waals surface area contributed by atoms with Gasteiger partial charge in [-0.3, -0.25) is 9.78 Å². The Morgan fingerprint density at radius 3 is 2.54 bits per heavy atom. The molecular formula is C21H21N3O2. The van der Waals surface area contributed by atoms with Crippen molar-refractivity contribution in [1.82, 2.24) is 9.97 Å². The monoisotopic (exact) mass is 347 g/mol. The van der Waals surface area contributed by atoms with Gasteiger partial charge in [-0.25, -0.2) is 0 Å². The lowest BCUT2D eigenvalue weighted by Crippen LogP contribution is -2.31. The van der Waals surface area contributed by atoms with Gasteiger partial charge in [-0.2, -0.15) is 0 Å². The van der Waals surface area contributed by atoms with E-state index in [1.54, 1.807) is 12.4 Å². The summed E-state index contributed by atoms with van der Waals surface area (Å²) in [5.41, 5.74) is 3.91. The third-order valence-electron chi connectivity index (χ3n) is 4.95. The zero-order valence-electron chi connectivity index (χ0n) is 14.8. The summed E-state index contributed by atoms with van der Waals surface area (Å²) in [5, 5.41) is 14.2. The number of Topliss-reactive ketones (excluding diaryl/α,β-unsaturated/α-hetero) is 1. The Hall–Kier alpha value is -2.92. The number of aromatic amines is 1. The smallest absolute Gasteiger partial charge is 0.167 e. The molecule has 0 bridgehead atoms. The highest BCUT2D eigenvalue weighted by Crippen LogP contribution is 2.48. The Bertz CT molecular complexity index is 946. The topological polar surface area (TPSA) is 78.0 Å². The van der Waals surface area contributed by atoms with Crippen LogP contribution in [0.25, 0.3) is 11.3 Å². The number of fused-ring (bicyclic) bond motifs is 1. The third-order valence-corrected chi connectivity index (χ3v) is 4.95. The van der Waals surface area contributed by atoms with Gasteiger partial charge in [0.25, 0.3) is 0 Å². The van der Waals surface area contributed by atoms with Crippen LogP contribution in [-0.2, 0) is 0 Å². The molecule has 0 aliphatic heterocycles. The van der Waals surface area contributed by atoms with Crippen LogP contribution < -0.4 is 5.32 Å². The van der Waals surface area contributed by atoms with Crippen LogP contribution in [0.4, 0.5) is 11.4 Å². The molecule has 0 amide bonds. The van der Waals surface area contributed by atoms with E-state index in [1.165, 1.54) is 0 Å². The van der Waals surface area contributed by atoms with Crippen LogP contribution in [0.2, 0.25) is 0 Å². The molecule has 0 saturated carbocycles. The molecule has 0 saturated heterocycles. The number of aromatic nitrogens is 2. The fourth-order valence-electron chi connectivity index (χ4n) is 3.53. The zero-order chi connectivity index (χ0) is 18.3. The second-order valence-corrected chi connectivity index (χ2v) is 7.38. The SMILES string of the molecule is CC1(C)CC(=O)c2c([nH]c(-c3ccncc3)c2Nc2ccccc2)C1O. The summed E-state index contributed by atoms with van der Waals surface area (Å²) in [6.07, 6.45) is 2.99. The lowest BCUT2D eigenvalue weighted by Gasteiger charge is -2.34. The number of aliphatic hydroxyl groups excluding tert-OH is 1. The molecule has 5 heteroatoms. The van der Waals surface area contributed by atoms with E-state index in [4.69, 9.17) is 0 Å². The van der Waals surface area contributed by atoms with Crippen LogP contribution in [0, 0.1) is 5.41 Å². The number of nitrogens with one attached hydrogen (secondary N) is 2. The van der Waals surface area contributed by atoms with E-state index in [-0.39, 0.29) is 5.78 Å². The zero-order valence-corrected chi connectivity index (χ0v) is 14.8. The van der Waals surface area contributed by atoms with E-state index < -0.39 is 11.5 Å². The van der Waals surface area contributed by atoms with Gasteiger partial charge >= 0.3 is 0 Å². The van der Waals surface area contributed by atoms with Crippen molar-refractivity contribution in [3.8, 4) is 11.3 Å². The molecule has 132 valence electrons. The Morgan fingerprint density at radius 1 is 1.15 bits per heavy atom. The van der Waals surface area contributed by atoms with E-state index in [9.17, 15) is 9.90 Å². The molecule has 2 heterocycles. The number of hydrogen-bond donors (Lipinski definition) is 3. The van der Waals surface area contributed by atoms with Crippen molar-refractivity contribution in [2.45, 2.75) is 26.4 Å². The van der Waals surface area contributed by atoms with Crippen LogP contribution in [0.5, 0.6) is 0 Å². The number of rotatable bonds is 3. The second kappa shape index (κ2) is 6.11. The van der Waals surface area contributed by atoms with E-state index in [2.05, 4.69) is 15.3 Å². The maximum Gasteiger partial charge on any atom is 0.167 e. The molecular weight excluding hydrogens is 326 g/mol. The predicted octanol–water partition coefficient (Wildman–Crippen LogP) is 4.47. The van der Waals surface area contributed by atoms with Crippen LogP contribution in [0.15, 0.2) is 54.9 Å². The number of para-hydroxylation sites is 1. The first-order chi connectivity index (χ1) is 12.5. The minimum Gasteiger partial charge on any atom is -0.386 e. The Kier molecular flexibility index (Phi) is 3.89. The predicted molar refractivity (Wildman–Crippen MR) is 101 cm³/mol. The maximum atomic E-state index is 12.9. The number of aliphatic hydroxyl groups is 1. The number of ketones is 1. The molecule has 0 spiro atoms. The van der Waals surface area contributed by atoms with Gasteiger partial charge in [0, 0.05) is 35.5 Å². The summed E-state index contributed by atoms with van der Waals surface area (Å²) in [6, 6.07) is 13.5. The second-order valence-electron chi connectivity index (χ2n) is 7.38. The normalized spacial score (nSPS) is 18.4. The number of nitrogens with zero attached hydrogens (tertiary/aromatic N) is 1. The summed E-state index contributed by atoms with van der Waals surface area (Å²) < 4.78 is 0. The fourth-order valence-corrected chi connectivity index (χ4v) is 3.53. The maximum absolute atomic E-state index is 12.9. The van der Waals surface area contributed by atoms with Crippen molar-refractivity contribution in [2.75, 3.05) is 5.32 Å². The minimum atomic E-state index is -0.734. The number of carbonyl (C=O) groups excluding carboxylic acids is 1. The molecule has 0 fully saturated rings.